The summed E-state index contributed by atoms with van der Waals surface area (Å²) in [6, 6.07) is 8.20. The quantitative estimate of drug-likeness (QED) is 0.857. The molecule has 2 atom stereocenters. The van der Waals surface area contributed by atoms with Gasteiger partial charge in [-0.05, 0) is 42.9 Å². The number of aliphatic hydroxyl groups is 1. The van der Waals surface area contributed by atoms with E-state index in [4.69, 9.17) is 0 Å². The van der Waals surface area contributed by atoms with E-state index < -0.39 is 0 Å². The number of rotatable bonds is 4. The lowest BCUT2D eigenvalue weighted by atomic mass is 9.72. The molecule has 106 valence electrons. The molecule has 1 aromatic carbocycles. The summed E-state index contributed by atoms with van der Waals surface area (Å²) in [6.45, 7) is 4.79. The summed E-state index contributed by atoms with van der Waals surface area (Å²) in [5.41, 5.74) is 0.946. The van der Waals surface area contributed by atoms with Crippen molar-refractivity contribution in [1.82, 2.24) is 0 Å². The Balaban J connectivity index is 2.13. The van der Waals surface area contributed by atoms with Crippen LogP contribution >= 0.6 is 15.9 Å². The normalized spacial score (nSPS) is 27.5. The van der Waals surface area contributed by atoms with Gasteiger partial charge in [-0.2, -0.15) is 0 Å². The van der Waals surface area contributed by atoms with Gasteiger partial charge in [-0.15, -0.1) is 0 Å². The van der Waals surface area contributed by atoms with Crippen LogP contribution in [0.25, 0.3) is 0 Å². The monoisotopic (exact) mass is 325 g/mol. The molecule has 19 heavy (non-hydrogen) atoms. The van der Waals surface area contributed by atoms with Gasteiger partial charge in [0.25, 0.3) is 0 Å². The average Bonchev–Trinajstić information content (AvgIpc) is 2.39. The SMILES string of the molecule is CC(C)C1CCCC(CO)(Nc2cccc(Br)c2)C1. The second-order valence-corrected chi connectivity index (χ2v) is 7.09. The van der Waals surface area contributed by atoms with E-state index in [-0.39, 0.29) is 12.1 Å². The lowest BCUT2D eigenvalue weighted by Gasteiger charge is -2.42. The van der Waals surface area contributed by atoms with E-state index in [1.165, 1.54) is 12.8 Å². The van der Waals surface area contributed by atoms with Crippen LogP contribution in [0.1, 0.15) is 39.5 Å². The van der Waals surface area contributed by atoms with Gasteiger partial charge in [0.1, 0.15) is 0 Å². The molecule has 0 saturated heterocycles. The highest BCUT2D eigenvalue weighted by atomic mass is 79.9. The number of anilines is 1. The van der Waals surface area contributed by atoms with Crippen molar-refractivity contribution in [3.05, 3.63) is 28.7 Å². The minimum absolute atomic E-state index is 0.145. The molecule has 1 fully saturated rings. The molecule has 0 radical (unpaired) electrons. The molecule has 1 aliphatic carbocycles. The lowest BCUT2D eigenvalue weighted by Crippen LogP contribution is -2.47. The summed E-state index contributed by atoms with van der Waals surface area (Å²) in [7, 11) is 0. The number of hydrogen-bond acceptors (Lipinski definition) is 2. The van der Waals surface area contributed by atoms with Crippen molar-refractivity contribution >= 4 is 21.6 Å². The standard InChI is InChI=1S/C16H24BrNO/c1-12(2)13-5-4-8-16(10-13,11-19)18-15-7-3-6-14(17)9-15/h3,6-7,9,12-13,18-19H,4-5,8,10-11H2,1-2H3. The zero-order valence-corrected chi connectivity index (χ0v) is 13.4. The van der Waals surface area contributed by atoms with Gasteiger partial charge in [-0.25, -0.2) is 0 Å². The molecule has 0 aliphatic heterocycles. The van der Waals surface area contributed by atoms with Crippen molar-refractivity contribution < 1.29 is 5.11 Å². The Morgan fingerprint density at radius 2 is 2.26 bits per heavy atom. The summed E-state index contributed by atoms with van der Waals surface area (Å²) in [4.78, 5) is 0. The van der Waals surface area contributed by atoms with Crippen LogP contribution in [-0.2, 0) is 0 Å². The fraction of sp³-hybridized carbons (Fsp3) is 0.625. The smallest absolute Gasteiger partial charge is 0.0661 e. The fourth-order valence-corrected chi connectivity index (χ4v) is 3.55. The van der Waals surface area contributed by atoms with Crippen LogP contribution in [0.4, 0.5) is 5.69 Å². The highest BCUT2D eigenvalue weighted by Crippen LogP contribution is 2.38. The molecule has 0 spiro atoms. The summed E-state index contributed by atoms with van der Waals surface area (Å²) in [6.07, 6.45) is 4.61. The van der Waals surface area contributed by atoms with E-state index in [1.54, 1.807) is 0 Å². The number of benzene rings is 1. The average molecular weight is 326 g/mol. The topological polar surface area (TPSA) is 32.3 Å². The van der Waals surface area contributed by atoms with Crippen LogP contribution in [0.5, 0.6) is 0 Å². The van der Waals surface area contributed by atoms with Crippen LogP contribution in [0.3, 0.4) is 0 Å². The van der Waals surface area contributed by atoms with Crippen molar-refractivity contribution in [2.45, 2.75) is 45.1 Å². The summed E-state index contributed by atoms with van der Waals surface area (Å²) >= 11 is 3.50. The number of nitrogens with one attached hydrogen (secondary N) is 1. The molecule has 0 bridgehead atoms. The molecule has 2 unspecified atom stereocenters. The zero-order valence-electron chi connectivity index (χ0n) is 11.8. The van der Waals surface area contributed by atoms with E-state index in [0.717, 1.165) is 23.0 Å². The summed E-state index contributed by atoms with van der Waals surface area (Å²) < 4.78 is 1.07. The van der Waals surface area contributed by atoms with E-state index in [9.17, 15) is 5.11 Å². The molecular weight excluding hydrogens is 302 g/mol. The van der Waals surface area contributed by atoms with Crippen LogP contribution in [0.2, 0.25) is 0 Å². The predicted molar refractivity (Wildman–Crippen MR) is 84.4 cm³/mol. The van der Waals surface area contributed by atoms with E-state index in [0.29, 0.717) is 11.8 Å². The molecule has 1 aliphatic rings. The minimum Gasteiger partial charge on any atom is -0.394 e. The van der Waals surface area contributed by atoms with Crippen molar-refractivity contribution in [1.29, 1.82) is 0 Å². The summed E-state index contributed by atoms with van der Waals surface area (Å²) in [5.74, 6) is 1.40. The van der Waals surface area contributed by atoms with Gasteiger partial charge < -0.3 is 10.4 Å². The van der Waals surface area contributed by atoms with E-state index in [2.05, 4.69) is 47.2 Å². The van der Waals surface area contributed by atoms with Crippen LogP contribution in [0.15, 0.2) is 28.7 Å². The van der Waals surface area contributed by atoms with Crippen molar-refractivity contribution in [2.75, 3.05) is 11.9 Å². The second kappa shape index (κ2) is 6.27. The van der Waals surface area contributed by atoms with Gasteiger partial charge in [0.2, 0.25) is 0 Å². The molecule has 0 heterocycles. The molecule has 1 saturated carbocycles. The largest absolute Gasteiger partial charge is 0.394 e. The Hall–Kier alpha value is -0.540. The molecule has 2 rings (SSSR count). The number of halogens is 1. The highest BCUT2D eigenvalue weighted by molar-refractivity contribution is 9.10. The molecule has 1 aromatic rings. The lowest BCUT2D eigenvalue weighted by molar-refractivity contribution is 0.126. The van der Waals surface area contributed by atoms with E-state index in [1.807, 2.05) is 12.1 Å². The molecule has 2 nitrogen and oxygen atoms in total. The zero-order chi connectivity index (χ0) is 13.9. The maximum Gasteiger partial charge on any atom is 0.0661 e. The maximum atomic E-state index is 9.90. The van der Waals surface area contributed by atoms with Gasteiger partial charge in [0, 0.05) is 10.2 Å². The van der Waals surface area contributed by atoms with Crippen molar-refractivity contribution in [3.8, 4) is 0 Å². The van der Waals surface area contributed by atoms with Gasteiger partial charge in [0.05, 0.1) is 12.1 Å². The van der Waals surface area contributed by atoms with Crippen LogP contribution < -0.4 is 5.32 Å². The van der Waals surface area contributed by atoms with Gasteiger partial charge >= 0.3 is 0 Å². The maximum absolute atomic E-state index is 9.90. The Morgan fingerprint density at radius 1 is 1.47 bits per heavy atom. The first-order chi connectivity index (χ1) is 9.04. The first-order valence-corrected chi connectivity index (χ1v) is 7.98. The van der Waals surface area contributed by atoms with Gasteiger partial charge in [-0.3, -0.25) is 0 Å². The summed E-state index contributed by atoms with van der Waals surface area (Å²) in [5, 5.41) is 13.5. The van der Waals surface area contributed by atoms with E-state index >= 15 is 0 Å². The Morgan fingerprint density at radius 3 is 2.89 bits per heavy atom. The van der Waals surface area contributed by atoms with Gasteiger partial charge in [-0.1, -0.05) is 48.7 Å². The number of aliphatic hydroxyl groups excluding tert-OH is 1. The predicted octanol–water partition coefficient (Wildman–Crippen LogP) is 4.44. The fourth-order valence-electron chi connectivity index (χ4n) is 3.15. The van der Waals surface area contributed by atoms with Crippen LogP contribution in [-0.4, -0.2) is 17.3 Å². The van der Waals surface area contributed by atoms with Gasteiger partial charge in [0.15, 0.2) is 0 Å². The van der Waals surface area contributed by atoms with Crippen LogP contribution in [0, 0.1) is 11.8 Å². The van der Waals surface area contributed by atoms with Crippen molar-refractivity contribution in [2.24, 2.45) is 11.8 Å². The number of hydrogen-bond donors (Lipinski definition) is 2. The third-order valence-electron chi connectivity index (χ3n) is 4.36. The molecule has 3 heteroatoms. The highest BCUT2D eigenvalue weighted by Gasteiger charge is 2.36. The Labute approximate surface area is 124 Å². The molecule has 2 N–H and O–H groups in total. The minimum atomic E-state index is -0.145. The Bertz CT molecular complexity index is 421. The first-order valence-electron chi connectivity index (χ1n) is 7.19. The molecular formula is C16H24BrNO. The first kappa shape index (κ1) is 14.9. The molecule has 0 amide bonds. The third kappa shape index (κ3) is 3.73. The second-order valence-electron chi connectivity index (χ2n) is 6.17. The Kier molecular flexibility index (Phi) is 4.91. The van der Waals surface area contributed by atoms with Crippen molar-refractivity contribution in [3.63, 3.8) is 0 Å². The molecule has 0 aromatic heterocycles. The third-order valence-corrected chi connectivity index (χ3v) is 4.86.